The molecule has 1 fully saturated rings. The van der Waals surface area contributed by atoms with E-state index in [9.17, 15) is 18.0 Å². The molecule has 1 aliphatic heterocycles. The third-order valence-corrected chi connectivity index (χ3v) is 4.41. The first-order chi connectivity index (χ1) is 10.9. The van der Waals surface area contributed by atoms with Crippen LogP contribution in [0.3, 0.4) is 0 Å². The number of piperidine rings is 1. The Morgan fingerprint density at radius 1 is 1.21 bits per heavy atom. The molecule has 0 unspecified atom stereocenters. The van der Waals surface area contributed by atoms with Gasteiger partial charge in [-0.1, -0.05) is 12.1 Å². The van der Waals surface area contributed by atoms with Crippen LogP contribution < -0.4 is 5.32 Å². The van der Waals surface area contributed by atoms with Gasteiger partial charge in [0.15, 0.2) is 0 Å². The summed E-state index contributed by atoms with van der Waals surface area (Å²) in [5.41, 5.74) is -0.0562. The van der Waals surface area contributed by atoms with E-state index in [4.69, 9.17) is 0 Å². The van der Waals surface area contributed by atoms with E-state index in [1.807, 2.05) is 11.9 Å². The maximum Gasteiger partial charge on any atom is 0.416 e. The zero-order chi connectivity index (χ0) is 16.9. The van der Waals surface area contributed by atoms with E-state index in [1.54, 1.807) is 0 Å². The molecule has 1 aliphatic rings. The van der Waals surface area contributed by atoms with Crippen molar-refractivity contribution in [1.29, 1.82) is 0 Å². The van der Waals surface area contributed by atoms with E-state index in [1.165, 1.54) is 12.1 Å². The number of halogens is 4. The second-order valence-electron chi connectivity index (χ2n) is 6.09. The fourth-order valence-corrected chi connectivity index (χ4v) is 2.92. The fraction of sp³-hybridized carbons (Fsp3) is 0.588. The molecule has 0 saturated carbocycles. The van der Waals surface area contributed by atoms with Gasteiger partial charge in [0.05, 0.1) is 12.0 Å². The second kappa shape index (κ2) is 9.28. The maximum absolute atomic E-state index is 12.5. The van der Waals surface area contributed by atoms with Gasteiger partial charge in [0.1, 0.15) is 0 Å². The average Bonchev–Trinajstić information content (AvgIpc) is 2.53. The van der Waals surface area contributed by atoms with Gasteiger partial charge in [-0.2, -0.15) is 13.2 Å². The predicted octanol–water partition coefficient (Wildman–Crippen LogP) is 3.52. The molecule has 7 heteroatoms. The first-order valence-electron chi connectivity index (χ1n) is 7.98. The van der Waals surface area contributed by atoms with Gasteiger partial charge in [-0.3, -0.25) is 4.79 Å². The Morgan fingerprint density at radius 3 is 2.29 bits per heavy atom. The number of nitrogens with one attached hydrogen (secondary N) is 1. The summed E-state index contributed by atoms with van der Waals surface area (Å²) in [4.78, 5) is 14.1. The Morgan fingerprint density at radius 2 is 1.79 bits per heavy atom. The van der Waals surface area contributed by atoms with Gasteiger partial charge < -0.3 is 10.2 Å². The van der Waals surface area contributed by atoms with Crippen molar-refractivity contribution < 1.29 is 18.0 Å². The van der Waals surface area contributed by atoms with E-state index >= 15 is 0 Å². The zero-order valence-corrected chi connectivity index (χ0v) is 14.6. The molecule has 0 spiro atoms. The highest BCUT2D eigenvalue weighted by molar-refractivity contribution is 5.85. The van der Waals surface area contributed by atoms with E-state index in [0.717, 1.165) is 51.0 Å². The lowest BCUT2D eigenvalue weighted by Crippen LogP contribution is -2.39. The van der Waals surface area contributed by atoms with Gasteiger partial charge in [0.25, 0.3) is 0 Å². The largest absolute Gasteiger partial charge is 0.416 e. The van der Waals surface area contributed by atoms with Crippen molar-refractivity contribution in [1.82, 2.24) is 10.2 Å². The normalized spacial score (nSPS) is 15.9. The van der Waals surface area contributed by atoms with Crippen molar-refractivity contribution >= 4 is 18.3 Å². The average molecular weight is 365 g/mol. The summed E-state index contributed by atoms with van der Waals surface area (Å²) in [6, 6.07) is 4.85. The van der Waals surface area contributed by atoms with Gasteiger partial charge in [0.2, 0.25) is 5.91 Å². The minimum Gasteiger partial charge on any atom is -0.342 e. The predicted molar refractivity (Wildman–Crippen MR) is 90.2 cm³/mol. The summed E-state index contributed by atoms with van der Waals surface area (Å²) in [7, 11) is 1.93. The van der Waals surface area contributed by atoms with Crippen LogP contribution in [0.5, 0.6) is 0 Å². The van der Waals surface area contributed by atoms with E-state index in [2.05, 4.69) is 5.32 Å². The number of rotatable bonds is 5. The van der Waals surface area contributed by atoms with Crippen molar-refractivity contribution in [3.8, 4) is 0 Å². The van der Waals surface area contributed by atoms with Crippen LogP contribution in [0.15, 0.2) is 24.3 Å². The number of nitrogens with zero attached hydrogens (tertiary/aromatic N) is 1. The van der Waals surface area contributed by atoms with Crippen molar-refractivity contribution in [3.05, 3.63) is 35.4 Å². The van der Waals surface area contributed by atoms with Gasteiger partial charge >= 0.3 is 6.18 Å². The number of benzene rings is 1. The molecule has 1 aromatic rings. The Balaban J connectivity index is 0.00000288. The Bertz CT molecular complexity index is 512. The van der Waals surface area contributed by atoms with Crippen molar-refractivity contribution in [3.63, 3.8) is 0 Å². The zero-order valence-electron chi connectivity index (χ0n) is 13.7. The van der Waals surface area contributed by atoms with Crippen LogP contribution in [0, 0.1) is 5.92 Å². The number of carbonyl (C=O) groups excluding carboxylic acids is 1. The van der Waals surface area contributed by atoms with Crippen molar-refractivity contribution in [2.24, 2.45) is 5.92 Å². The fourth-order valence-electron chi connectivity index (χ4n) is 2.92. The molecular weight excluding hydrogens is 341 g/mol. The van der Waals surface area contributed by atoms with Gasteiger partial charge in [-0.15, -0.1) is 12.4 Å². The molecule has 0 bridgehead atoms. The Hall–Kier alpha value is -1.27. The van der Waals surface area contributed by atoms with Crippen LogP contribution in [0.25, 0.3) is 0 Å². The summed E-state index contributed by atoms with van der Waals surface area (Å²) < 4.78 is 37.6. The summed E-state index contributed by atoms with van der Waals surface area (Å²) in [6.07, 6.45) is -1.05. The molecular formula is C17H24ClF3N2O. The van der Waals surface area contributed by atoms with Crippen LogP contribution >= 0.6 is 12.4 Å². The Kier molecular flexibility index (Phi) is 8.03. The number of hydrogen-bond acceptors (Lipinski definition) is 2. The SMILES string of the molecule is CNCCC1CCN(C(=O)Cc2ccc(C(F)(F)F)cc2)CC1.Cl. The molecule has 24 heavy (non-hydrogen) atoms. The van der Waals surface area contributed by atoms with Gasteiger partial charge in [-0.05, 0) is 56.5 Å². The first kappa shape index (κ1) is 20.8. The van der Waals surface area contributed by atoms with Crippen LogP contribution in [-0.4, -0.2) is 37.5 Å². The van der Waals surface area contributed by atoms with Gasteiger partial charge in [-0.25, -0.2) is 0 Å². The summed E-state index contributed by atoms with van der Waals surface area (Å²) in [5, 5.41) is 3.14. The summed E-state index contributed by atoms with van der Waals surface area (Å²) in [5.74, 6) is 0.648. The van der Waals surface area contributed by atoms with E-state index in [0.29, 0.717) is 11.5 Å². The molecule has 1 saturated heterocycles. The highest BCUT2D eigenvalue weighted by atomic mass is 35.5. The van der Waals surface area contributed by atoms with E-state index < -0.39 is 11.7 Å². The van der Waals surface area contributed by atoms with Crippen molar-refractivity contribution in [2.45, 2.75) is 31.9 Å². The first-order valence-corrected chi connectivity index (χ1v) is 7.98. The van der Waals surface area contributed by atoms with Crippen molar-refractivity contribution in [2.75, 3.05) is 26.7 Å². The molecule has 136 valence electrons. The monoisotopic (exact) mass is 364 g/mol. The molecule has 0 aliphatic carbocycles. The number of amides is 1. The van der Waals surface area contributed by atoms with Crippen LogP contribution in [0.1, 0.15) is 30.4 Å². The molecule has 0 aromatic heterocycles. The second-order valence-corrected chi connectivity index (χ2v) is 6.09. The topological polar surface area (TPSA) is 32.3 Å². The number of alkyl halides is 3. The molecule has 1 aromatic carbocycles. The molecule has 2 rings (SSSR count). The summed E-state index contributed by atoms with van der Waals surface area (Å²) in [6.45, 7) is 2.48. The lowest BCUT2D eigenvalue weighted by atomic mass is 9.93. The van der Waals surface area contributed by atoms with Crippen LogP contribution in [0.2, 0.25) is 0 Å². The smallest absolute Gasteiger partial charge is 0.342 e. The third-order valence-electron chi connectivity index (χ3n) is 4.41. The highest BCUT2D eigenvalue weighted by Crippen LogP contribution is 2.29. The van der Waals surface area contributed by atoms with Crippen LogP contribution in [-0.2, 0) is 17.4 Å². The van der Waals surface area contributed by atoms with Gasteiger partial charge in [0, 0.05) is 13.1 Å². The molecule has 0 radical (unpaired) electrons. The molecule has 0 atom stereocenters. The minimum atomic E-state index is -4.34. The number of carbonyl (C=O) groups is 1. The number of likely N-dealkylation sites (tertiary alicyclic amines) is 1. The third kappa shape index (κ3) is 5.98. The molecule has 1 amide bonds. The maximum atomic E-state index is 12.5. The minimum absolute atomic E-state index is 0. The quantitative estimate of drug-likeness (QED) is 0.867. The highest BCUT2D eigenvalue weighted by Gasteiger charge is 2.30. The molecule has 3 nitrogen and oxygen atoms in total. The summed E-state index contributed by atoms with van der Waals surface area (Å²) >= 11 is 0. The lowest BCUT2D eigenvalue weighted by molar-refractivity contribution is -0.137. The lowest BCUT2D eigenvalue weighted by Gasteiger charge is -2.32. The molecule has 1 heterocycles. The van der Waals surface area contributed by atoms with Crippen LogP contribution in [0.4, 0.5) is 13.2 Å². The Labute approximate surface area is 147 Å². The van der Waals surface area contributed by atoms with E-state index in [-0.39, 0.29) is 24.7 Å². The standard InChI is InChI=1S/C17H23F3N2O.ClH/c1-21-9-6-13-7-10-22(11-8-13)16(23)12-14-2-4-15(5-3-14)17(18,19)20;/h2-5,13,21H,6-12H2,1H3;1H. The molecule has 1 N–H and O–H groups in total. The number of hydrogen-bond donors (Lipinski definition) is 1.